The molecular formula is C23H34N2O3. The van der Waals surface area contributed by atoms with Crippen molar-refractivity contribution in [2.24, 2.45) is 5.73 Å². The summed E-state index contributed by atoms with van der Waals surface area (Å²) < 4.78 is 11.7. The van der Waals surface area contributed by atoms with Gasteiger partial charge in [0.05, 0.1) is 6.04 Å². The summed E-state index contributed by atoms with van der Waals surface area (Å²) in [6.45, 7) is 4.97. The fourth-order valence-electron chi connectivity index (χ4n) is 5.33. The van der Waals surface area contributed by atoms with Crippen molar-refractivity contribution in [3.05, 3.63) is 23.3 Å². The lowest BCUT2D eigenvalue weighted by atomic mass is 9.71. The number of fused-ring (bicyclic) bond motifs is 3. The maximum Gasteiger partial charge on any atom is 0.223 e. The maximum absolute atomic E-state index is 13.1. The van der Waals surface area contributed by atoms with Gasteiger partial charge in [-0.15, -0.1) is 0 Å². The molecule has 1 atom stereocenters. The number of carbonyl (C=O) groups excluding carboxylic acids is 1. The Bertz CT molecular complexity index is 712. The highest BCUT2D eigenvalue weighted by Gasteiger charge is 2.46. The van der Waals surface area contributed by atoms with E-state index >= 15 is 0 Å². The van der Waals surface area contributed by atoms with Crippen LogP contribution in [0.25, 0.3) is 0 Å². The normalized spacial score (nSPS) is 22.4. The molecule has 2 heterocycles. The van der Waals surface area contributed by atoms with E-state index in [1.54, 1.807) is 0 Å². The number of ether oxygens (including phenoxy) is 2. The first-order valence-electron chi connectivity index (χ1n) is 11.1. The van der Waals surface area contributed by atoms with Crippen LogP contribution in [0.3, 0.4) is 0 Å². The lowest BCUT2D eigenvalue weighted by molar-refractivity contribution is -0.135. The average molecular weight is 387 g/mol. The van der Waals surface area contributed by atoms with Gasteiger partial charge in [0.2, 0.25) is 5.91 Å². The first-order chi connectivity index (χ1) is 13.6. The van der Waals surface area contributed by atoms with E-state index in [2.05, 4.69) is 24.0 Å². The molecule has 154 valence electrons. The van der Waals surface area contributed by atoms with E-state index in [1.165, 1.54) is 24.0 Å². The van der Waals surface area contributed by atoms with E-state index in [0.29, 0.717) is 25.5 Å². The van der Waals surface area contributed by atoms with Crippen LogP contribution < -0.4 is 15.2 Å². The van der Waals surface area contributed by atoms with Crippen molar-refractivity contribution < 1.29 is 14.3 Å². The van der Waals surface area contributed by atoms with E-state index in [4.69, 9.17) is 15.2 Å². The highest BCUT2D eigenvalue weighted by Crippen LogP contribution is 2.52. The van der Waals surface area contributed by atoms with Gasteiger partial charge in [0.15, 0.2) is 11.5 Å². The van der Waals surface area contributed by atoms with Crippen LogP contribution in [0.2, 0.25) is 0 Å². The van der Waals surface area contributed by atoms with Crippen molar-refractivity contribution in [1.82, 2.24) is 4.90 Å². The molecule has 1 spiro atoms. The van der Waals surface area contributed by atoms with Gasteiger partial charge in [-0.1, -0.05) is 25.7 Å². The number of unbranched alkanes of at least 4 members (excludes halogenated alkanes) is 3. The van der Waals surface area contributed by atoms with Crippen LogP contribution in [0.5, 0.6) is 11.5 Å². The van der Waals surface area contributed by atoms with Gasteiger partial charge in [-0.05, 0) is 62.4 Å². The summed E-state index contributed by atoms with van der Waals surface area (Å²) in [4.78, 5) is 15.3. The molecule has 4 rings (SSSR count). The molecule has 0 radical (unpaired) electrons. The Balaban J connectivity index is 1.57. The van der Waals surface area contributed by atoms with Gasteiger partial charge < -0.3 is 20.1 Å². The third-order valence-electron chi connectivity index (χ3n) is 6.90. The summed E-state index contributed by atoms with van der Waals surface area (Å²) >= 11 is 0. The Morgan fingerprint density at radius 1 is 1.11 bits per heavy atom. The van der Waals surface area contributed by atoms with E-state index in [9.17, 15) is 4.79 Å². The average Bonchev–Trinajstić information content (AvgIpc) is 3.19. The number of carbonyl (C=O) groups is 1. The van der Waals surface area contributed by atoms with Crippen molar-refractivity contribution >= 4 is 5.91 Å². The SMILES string of the molecule is CC1c2cc3c(cc2C2(CCCC2)CN1C(=O)CCCCCCN)OCCO3. The topological polar surface area (TPSA) is 64.8 Å². The van der Waals surface area contributed by atoms with Gasteiger partial charge in [-0.2, -0.15) is 0 Å². The summed E-state index contributed by atoms with van der Waals surface area (Å²) in [5.74, 6) is 2.01. The quantitative estimate of drug-likeness (QED) is 0.748. The summed E-state index contributed by atoms with van der Waals surface area (Å²) in [6, 6.07) is 4.46. The van der Waals surface area contributed by atoms with Gasteiger partial charge in [-0.3, -0.25) is 4.79 Å². The Kier molecular flexibility index (Phi) is 5.81. The highest BCUT2D eigenvalue weighted by atomic mass is 16.6. The molecule has 1 amide bonds. The Hall–Kier alpha value is -1.75. The van der Waals surface area contributed by atoms with Gasteiger partial charge in [-0.25, -0.2) is 0 Å². The van der Waals surface area contributed by atoms with Gasteiger partial charge >= 0.3 is 0 Å². The maximum atomic E-state index is 13.1. The van der Waals surface area contributed by atoms with Gasteiger partial charge in [0.1, 0.15) is 13.2 Å². The van der Waals surface area contributed by atoms with E-state index < -0.39 is 0 Å². The summed E-state index contributed by atoms with van der Waals surface area (Å²) in [7, 11) is 0. The highest BCUT2D eigenvalue weighted by molar-refractivity contribution is 5.77. The first-order valence-corrected chi connectivity index (χ1v) is 11.1. The van der Waals surface area contributed by atoms with E-state index in [-0.39, 0.29) is 11.5 Å². The van der Waals surface area contributed by atoms with Crippen molar-refractivity contribution in [2.75, 3.05) is 26.3 Å². The third kappa shape index (κ3) is 3.61. The number of hydrogen-bond donors (Lipinski definition) is 1. The number of rotatable bonds is 6. The molecule has 5 nitrogen and oxygen atoms in total. The van der Waals surface area contributed by atoms with Crippen molar-refractivity contribution in [1.29, 1.82) is 0 Å². The molecule has 0 bridgehead atoms. The van der Waals surface area contributed by atoms with Crippen LogP contribution in [0.15, 0.2) is 12.1 Å². The van der Waals surface area contributed by atoms with E-state index in [1.807, 2.05) is 0 Å². The second-order valence-electron chi connectivity index (χ2n) is 8.72. The number of hydrogen-bond acceptors (Lipinski definition) is 4. The lowest BCUT2D eigenvalue weighted by Gasteiger charge is -2.46. The predicted octanol–water partition coefficient (Wildman–Crippen LogP) is 4.08. The molecule has 28 heavy (non-hydrogen) atoms. The largest absolute Gasteiger partial charge is 0.486 e. The number of nitrogens with zero attached hydrogens (tertiary/aromatic N) is 1. The van der Waals surface area contributed by atoms with Crippen LogP contribution >= 0.6 is 0 Å². The molecule has 1 aromatic carbocycles. The molecule has 2 N–H and O–H groups in total. The monoisotopic (exact) mass is 386 g/mol. The molecule has 3 aliphatic rings. The van der Waals surface area contributed by atoms with Crippen LogP contribution in [-0.4, -0.2) is 37.1 Å². The number of nitrogens with two attached hydrogens (primary N) is 1. The minimum Gasteiger partial charge on any atom is -0.486 e. The van der Waals surface area contributed by atoms with Crippen molar-refractivity contribution in [3.8, 4) is 11.5 Å². The smallest absolute Gasteiger partial charge is 0.223 e. The number of amides is 1. The zero-order chi connectivity index (χ0) is 19.6. The fourth-order valence-corrected chi connectivity index (χ4v) is 5.33. The Morgan fingerprint density at radius 2 is 1.79 bits per heavy atom. The zero-order valence-electron chi connectivity index (χ0n) is 17.2. The summed E-state index contributed by atoms with van der Waals surface area (Å²) in [5, 5.41) is 0. The fraction of sp³-hybridized carbons (Fsp3) is 0.696. The summed E-state index contributed by atoms with van der Waals surface area (Å²) in [5.41, 5.74) is 8.32. The third-order valence-corrected chi connectivity index (χ3v) is 6.90. The summed E-state index contributed by atoms with van der Waals surface area (Å²) in [6.07, 6.45) is 9.67. The molecule has 1 fully saturated rings. The molecule has 5 heteroatoms. The molecular weight excluding hydrogens is 352 g/mol. The first kappa shape index (κ1) is 19.6. The van der Waals surface area contributed by atoms with E-state index in [0.717, 1.165) is 63.1 Å². The zero-order valence-corrected chi connectivity index (χ0v) is 17.2. The molecule has 1 aromatic rings. The minimum atomic E-state index is 0.0902. The van der Waals surface area contributed by atoms with Gasteiger partial charge in [0.25, 0.3) is 0 Å². The van der Waals surface area contributed by atoms with Crippen molar-refractivity contribution in [3.63, 3.8) is 0 Å². The standard InChI is InChI=1S/C23H34N2O3/c1-17-18-14-20-21(28-13-12-27-20)15-19(18)23(9-5-6-10-23)16-25(17)22(26)8-4-2-3-7-11-24/h14-15,17H,2-13,16,24H2,1H3. The van der Waals surface area contributed by atoms with Crippen LogP contribution in [0, 0.1) is 0 Å². The van der Waals surface area contributed by atoms with Crippen LogP contribution in [0.1, 0.15) is 81.9 Å². The Morgan fingerprint density at radius 3 is 2.50 bits per heavy atom. The van der Waals surface area contributed by atoms with Crippen LogP contribution in [0.4, 0.5) is 0 Å². The second-order valence-corrected chi connectivity index (χ2v) is 8.72. The molecule has 1 aliphatic carbocycles. The molecule has 0 saturated heterocycles. The molecule has 1 unspecified atom stereocenters. The minimum absolute atomic E-state index is 0.0902. The second kappa shape index (κ2) is 8.32. The molecule has 2 aliphatic heterocycles. The van der Waals surface area contributed by atoms with Gasteiger partial charge in [0, 0.05) is 18.4 Å². The predicted molar refractivity (Wildman–Crippen MR) is 110 cm³/mol. The van der Waals surface area contributed by atoms with Crippen molar-refractivity contribution in [2.45, 2.75) is 76.2 Å². The lowest BCUT2D eigenvalue weighted by Crippen LogP contribution is -2.48. The number of benzene rings is 1. The van der Waals surface area contributed by atoms with Crippen LogP contribution in [-0.2, 0) is 10.2 Å². The molecule has 1 saturated carbocycles. The Labute approximate surface area is 168 Å². The molecule has 0 aromatic heterocycles.